The smallest absolute Gasteiger partial charge is 0.293 e. The molecule has 1 amide bonds. The molecular weight excluding hydrogens is 210 g/mol. The summed E-state index contributed by atoms with van der Waals surface area (Å²) in [6.07, 6.45) is 4.93. The first-order chi connectivity index (χ1) is 7.86. The van der Waals surface area contributed by atoms with Crippen LogP contribution in [0.15, 0.2) is 18.6 Å². The van der Waals surface area contributed by atoms with Crippen LogP contribution in [0.3, 0.4) is 0 Å². The molecule has 1 aromatic heterocycles. The van der Waals surface area contributed by atoms with E-state index in [1.54, 1.807) is 0 Å². The van der Waals surface area contributed by atoms with Gasteiger partial charge in [-0.1, -0.05) is 0 Å². The van der Waals surface area contributed by atoms with Crippen molar-refractivity contribution in [2.24, 2.45) is 0 Å². The zero-order chi connectivity index (χ0) is 11.2. The Morgan fingerprint density at radius 1 is 1.69 bits per heavy atom. The molecule has 0 spiro atoms. The predicted molar refractivity (Wildman–Crippen MR) is 54.4 cm³/mol. The highest BCUT2D eigenvalue weighted by molar-refractivity contribution is 5.91. The molecule has 86 valence electrons. The third-order valence-electron chi connectivity index (χ3n) is 2.27. The Labute approximate surface area is 92.9 Å². The maximum absolute atomic E-state index is 11.5. The van der Waals surface area contributed by atoms with Gasteiger partial charge in [-0.05, 0) is 18.9 Å². The summed E-state index contributed by atoms with van der Waals surface area (Å²) in [5.74, 6) is -0.375. The lowest BCUT2D eigenvalue weighted by molar-refractivity contribution is -0.0222. The molecule has 1 atom stereocenters. The van der Waals surface area contributed by atoms with Gasteiger partial charge in [0, 0.05) is 12.8 Å². The monoisotopic (exact) mass is 223 g/mol. The number of aromatic nitrogens is 2. The van der Waals surface area contributed by atoms with Crippen LogP contribution in [0.2, 0.25) is 0 Å². The largest absolute Gasteiger partial charge is 0.376 e. The Kier molecular flexibility index (Phi) is 3.79. The third kappa shape index (κ3) is 2.98. The molecule has 2 rings (SSSR count). The fraction of sp³-hybridized carbons (Fsp3) is 0.500. The molecule has 1 fully saturated rings. The summed E-state index contributed by atoms with van der Waals surface area (Å²) >= 11 is 0. The van der Waals surface area contributed by atoms with Gasteiger partial charge in [0.05, 0.1) is 6.10 Å². The summed E-state index contributed by atoms with van der Waals surface area (Å²) in [6.45, 7) is 1.14. The Bertz CT molecular complexity index is 338. The van der Waals surface area contributed by atoms with E-state index in [0.717, 1.165) is 19.4 Å². The number of ether oxygens (including phenoxy) is 1. The van der Waals surface area contributed by atoms with Crippen molar-refractivity contribution in [2.75, 3.05) is 13.2 Å². The Morgan fingerprint density at radius 3 is 3.31 bits per heavy atom. The van der Waals surface area contributed by atoms with Crippen LogP contribution in [0.5, 0.6) is 0 Å². The molecule has 0 saturated carbocycles. The number of hydrogen-bond donors (Lipinski definition) is 1. The first kappa shape index (κ1) is 11.0. The molecule has 0 unspecified atom stereocenters. The Morgan fingerprint density at radius 2 is 2.62 bits per heavy atom. The van der Waals surface area contributed by atoms with Gasteiger partial charge in [0.25, 0.3) is 5.91 Å². The fourth-order valence-corrected chi connectivity index (χ4v) is 1.45. The molecule has 2 heterocycles. The van der Waals surface area contributed by atoms with Crippen LogP contribution in [0.1, 0.15) is 23.3 Å². The van der Waals surface area contributed by atoms with Crippen LogP contribution in [-0.4, -0.2) is 35.2 Å². The zero-order valence-corrected chi connectivity index (χ0v) is 8.76. The number of carbonyl (C=O) groups excluding carboxylic acids is 1. The van der Waals surface area contributed by atoms with E-state index in [1.165, 1.54) is 18.6 Å². The molecule has 1 N–H and O–H groups in total. The number of hydrogen-bond acceptors (Lipinski definition) is 5. The van der Waals surface area contributed by atoms with Crippen molar-refractivity contribution in [1.29, 1.82) is 0 Å². The number of rotatable bonds is 4. The summed E-state index contributed by atoms with van der Waals surface area (Å²) in [6, 6.07) is 1.52. The van der Waals surface area contributed by atoms with Crippen LogP contribution in [0.4, 0.5) is 0 Å². The van der Waals surface area contributed by atoms with Crippen molar-refractivity contribution < 1.29 is 14.4 Å². The molecule has 6 heteroatoms. The highest BCUT2D eigenvalue weighted by atomic mass is 16.7. The van der Waals surface area contributed by atoms with Gasteiger partial charge in [0.15, 0.2) is 0 Å². The molecule has 0 bridgehead atoms. The summed E-state index contributed by atoms with van der Waals surface area (Å²) in [5.41, 5.74) is 2.60. The van der Waals surface area contributed by atoms with Gasteiger partial charge in [-0.3, -0.25) is 9.63 Å². The van der Waals surface area contributed by atoms with Crippen molar-refractivity contribution >= 4 is 5.91 Å². The van der Waals surface area contributed by atoms with E-state index in [0.29, 0.717) is 6.61 Å². The van der Waals surface area contributed by atoms with Gasteiger partial charge in [-0.15, -0.1) is 0 Å². The number of amides is 1. The molecule has 1 aliphatic rings. The molecule has 16 heavy (non-hydrogen) atoms. The van der Waals surface area contributed by atoms with Gasteiger partial charge in [-0.25, -0.2) is 15.4 Å². The van der Waals surface area contributed by atoms with Crippen LogP contribution >= 0.6 is 0 Å². The maximum atomic E-state index is 11.5. The van der Waals surface area contributed by atoms with E-state index in [-0.39, 0.29) is 17.7 Å². The van der Waals surface area contributed by atoms with E-state index in [4.69, 9.17) is 9.57 Å². The first-order valence-corrected chi connectivity index (χ1v) is 5.16. The molecule has 0 aromatic carbocycles. The number of nitrogens with one attached hydrogen (secondary N) is 1. The van der Waals surface area contributed by atoms with E-state index in [2.05, 4.69) is 15.4 Å². The van der Waals surface area contributed by atoms with Crippen molar-refractivity contribution in [3.8, 4) is 0 Å². The van der Waals surface area contributed by atoms with E-state index >= 15 is 0 Å². The minimum Gasteiger partial charge on any atom is -0.376 e. The topological polar surface area (TPSA) is 73.3 Å². The summed E-state index contributed by atoms with van der Waals surface area (Å²) in [5, 5.41) is 0. The quantitative estimate of drug-likeness (QED) is 0.744. The van der Waals surface area contributed by atoms with E-state index in [9.17, 15) is 4.79 Å². The van der Waals surface area contributed by atoms with Crippen LogP contribution < -0.4 is 5.48 Å². The average molecular weight is 223 g/mol. The number of carbonyl (C=O) groups is 1. The van der Waals surface area contributed by atoms with Crippen LogP contribution in [0.25, 0.3) is 0 Å². The third-order valence-corrected chi connectivity index (χ3v) is 2.27. The SMILES string of the molecule is O=C(NOC[C@H]1CCCO1)c1ccncn1. The van der Waals surface area contributed by atoms with Crippen molar-refractivity contribution in [1.82, 2.24) is 15.4 Å². The van der Waals surface area contributed by atoms with Gasteiger partial charge in [0.2, 0.25) is 0 Å². The molecular formula is C10H13N3O3. The maximum Gasteiger partial charge on any atom is 0.293 e. The molecule has 6 nitrogen and oxygen atoms in total. The summed E-state index contributed by atoms with van der Waals surface area (Å²) < 4.78 is 5.34. The second kappa shape index (κ2) is 5.53. The number of nitrogens with zero attached hydrogens (tertiary/aromatic N) is 2. The lowest BCUT2D eigenvalue weighted by atomic mass is 10.2. The lowest BCUT2D eigenvalue weighted by Gasteiger charge is -2.09. The minimum atomic E-state index is -0.375. The van der Waals surface area contributed by atoms with Crippen molar-refractivity contribution in [2.45, 2.75) is 18.9 Å². The second-order valence-corrected chi connectivity index (χ2v) is 3.47. The zero-order valence-electron chi connectivity index (χ0n) is 8.76. The van der Waals surface area contributed by atoms with Crippen molar-refractivity contribution in [3.63, 3.8) is 0 Å². The molecule has 1 aliphatic heterocycles. The van der Waals surface area contributed by atoms with E-state index in [1.807, 2.05) is 0 Å². The van der Waals surface area contributed by atoms with Gasteiger partial charge >= 0.3 is 0 Å². The fourth-order valence-electron chi connectivity index (χ4n) is 1.45. The minimum absolute atomic E-state index is 0.0886. The lowest BCUT2D eigenvalue weighted by Crippen LogP contribution is -2.28. The molecule has 1 aromatic rings. The highest BCUT2D eigenvalue weighted by Crippen LogP contribution is 2.11. The first-order valence-electron chi connectivity index (χ1n) is 5.16. The van der Waals surface area contributed by atoms with Gasteiger partial charge < -0.3 is 4.74 Å². The van der Waals surface area contributed by atoms with Gasteiger partial charge in [-0.2, -0.15) is 0 Å². The molecule has 0 radical (unpaired) electrons. The molecule has 0 aliphatic carbocycles. The summed E-state index contributed by atoms with van der Waals surface area (Å²) in [4.78, 5) is 24.0. The van der Waals surface area contributed by atoms with Crippen LogP contribution in [0, 0.1) is 0 Å². The standard InChI is InChI=1S/C10H13N3O3/c14-10(9-3-4-11-7-12-9)13-16-6-8-2-1-5-15-8/h3-4,7-8H,1-2,5-6H2,(H,13,14)/t8-/m1/s1. The average Bonchev–Trinajstić information content (AvgIpc) is 2.83. The Hall–Kier alpha value is -1.53. The normalized spacial score (nSPS) is 19.6. The Balaban J connectivity index is 1.71. The van der Waals surface area contributed by atoms with Crippen molar-refractivity contribution in [3.05, 3.63) is 24.3 Å². The van der Waals surface area contributed by atoms with Crippen LogP contribution in [-0.2, 0) is 9.57 Å². The highest BCUT2D eigenvalue weighted by Gasteiger charge is 2.16. The number of hydroxylamine groups is 1. The molecule has 1 saturated heterocycles. The van der Waals surface area contributed by atoms with Gasteiger partial charge in [0.1, 0.15) is 18.6 Å². The predicted octanol–water partition coefficient (Wildman–Crippen LogP) is 0.317. The van der Waals surface area contributed by atoms with E-state index < -0.39 is 0 Å². The second-order valence-electron chi connectivity index (χ2n) is 3.47. The summed E-state index contributed by atoms with van der Waals surface area (Å²) in [7, 11) is 0.